The molecule has 5 nitrogen and oxygen atoms in total. The third-order valence-electron chi connectivity index (χ3n) is 1.82. The number of anilines is 1. The van der Waals surface area contributed by atoms with Crippen molar-refractivity contribution in [2.45, 2.75) is 6.10 Å². The smallest absolute Gasteiger partial charge is 0.229 e. The molecule has 1 rings (SSSR count). The molecule has 0 aliphatic rings. The van der Waals surface area contributed by atoms with Crippen molar-refractivity contribution in [3.63, 3.8) is 0 Å². The Labute approximate surface area is 89.0 Å². The normalized spacial score (nSPS) is 13.5. The van der Waals surface area contributed by atoms with E-state index in [1.54, 1.807) is 24.3 Å². The number of hydrogen-bond donors (Lipinski definition) is 3. The van der Waals surface area contributed by atoms with Gasteiger partial charge in [-0.25, -0.2) is 8.42 Å². The standard InChI is InChI=1S/C9H14N2O3S/c1-15(13,14)11-8-4-2-7(3-5-8)9(12)6-10/h2-5,9,11-12H,6,10H2,1H3/t9-/m0/s1. The van der Waals surface area contributed by atoms with Crippen LogP contribution in [0.4, 0.5) is 5.69 Å². The molecule has 15 heavy (non-hydrogen) atoms. The van der Waals surface area contributed by atoms with Gasteiger partial charge in [0.15, 0.2) is 0 Å². The summed E-state index contributed by atoms with van der Waals surface area (Å²) in [6, 6.07) is 6.42. The van der Waals surface area contributed by atoms with E-state index in [1.165, 1.54) is 0 Å². The van der Waals surface area contributed by atoms with Crippen LogP contribution in [0.1, 0.15) is 11.7 Å². The third-order valence-corrected chi connectivity index (χ3v) is 2.43. The van der Waals surface area contributed by atoms with Gasteiger partial charge in [-0.1, -0.05) is 12.1 Å². The minimum absolute atomic E-state index is 0.138. The Morgan fingerprint density at radius 1 is 1.40 bits per heavy atom. The van der Waals surface area contributed by atoms with Crippen molar-refractivity contribution in [3.05, 3.63) is 29.8 Å². The van der Waals surface area contributed by atoms with Crippen LogP contribution < -0.4 is 10.5 Å². The lowest BCUT2D eigenvalue weighted by molar-refractivity contribution is 0.187. The molecule has 0 aliphatic heterocycles. The van der Waals surface area contributed by atoms with E-state index in [9.17, 15) is 13.5 Å². The summed E-state index contributed by atoms with van der Waals surface area (Å²) in [6.07, 6.45) is 0.368. The molecule has 0 aromatic heterocycles. The molecule has 0 aliphatic carbocycles. The molecule has 0 radical (unpaired) electrons. The number of sulfonamides is 1. The molecule has 1 atom stereocenters. The number of rotatable bonds is 4. The molecule has 1 aromatic rings. The first-order valence-electron chi connectivity index (χ1n) is 4.38. The van der Waals surface area contributed by atoms with Gasteiger partial charge in [0.2, 0.25) is 10.0 Å². The molecule has 0 bridgehead atoms. The molecule has 6 heteroatoms. The number of aliphatic hydroxyl groups excluding tert-OH is 1. The summed E-state index contributed by atoms with van der Waals surface area (Å²) < 4.78 is 24.1. The first-order valence-corrected chi connectivity index (χ1v) is 6.27. The molecule has 0 amide bonds. The van der Waals surface area contributed by atoms with Crippen LogP contribution in [-0.2, 0) is 10.0 Å². The monoisotopic (exact) mass is 230 g/mol. The van der Waals surface area contributed by atoms with Gasteiger partial charge in [-0.05, 0) is 17.7 Å². The largest absolute Gasteiger partial charge is 0.387 e. The molecular weight excluding hydrogens is 216 g/mol. The highest BCUT2D eigenvalue weighted by Crippen LogP contribution is 2.15. The average molecular weight is 230 g/mol. The van der Waals surface area contributed by atoms with Gasteiger partial charge < -0.3 is 10.8 Å². The Balaban J connectivity index is 2.81. The summed E-state index contributed by atoms with van der Waals surface area (Å²) in [5, 5.41) is 9.39. The molecule has 0 saturated heterocycles. The van der Waals surface area contributed by atoms with Gasteiger partial charge in [0.25, 0.3) is 0 Å². The van der Waals surface area contributed by atoms with Crippen molar-refractivity contribution >= 4 is 15.7 Å². The Morgan fingerprint density at radius 2 is 1.93 bits per heavy atom. The maximum absolute atomic E-state index is 10.9. The molecule has 4 N–H and O–H groups in total. The molecule has 84 valence electrons. The van der Waals surface area contributed by atoms with Gasteiger partial charge in [0.1, 0.15) is 0 Å². The molecule has 0 fully saturated rings. The van der Waals surface area contributed by atoms with E-state index in [4.69, 9.17) is 5.73 Å². The summed E-state index contributed by atoms with van der Waals surface area (Å²) in [6.45, 7) is 0.138. The van der Waals surface area contributed by atoms with Crippen molar-refractivity contribution in [1.29, 1.82) is 0 Å². The molecule has 0 unspecified atom stereocenters. The van der Waals surface area contributed by atoms with Gasteiger partial charge in [-0.15, -0.1) is 0 Å². The molecule has 0 heterocycles. The summed E-state index contributed by atoms with van der Waals surface area (Å²) in [5.74, 6) is 0. The molecular formula is C9H14N2O3S. The zero-order chi connectivity index (χ0) is 11.5. The van der Waals surface area contributed by atoms with Crippen LogP contribution in [0.5, 0.6) is 0 Å². The maximum atomic E-state index is 10.9. The van der Waals surface area contributed by atoms with E-state index in [2.05, 4.69) is 4.72 Å². The SMILES string of the molecule is CS(=O)(=O)Nc1ccc([C@@H](O)CN)cc1. The second-order valence-electron chi connectivity index (χ2n) is 3.25. The predicted octanol–water partition coefficient (Wildman–Crippen LogP) is 0.0502. The maximum Gasteiger partial charge on any atom is 0.229 e. The zero-order valence-corrected chi connectivity index (χ0v) is 9.16. The minimum Gasteiger partial charge on any atom is -0.387 e. The number of benzene rings is 1. The van der Waals surface area contributed by atoms with Gasteiger partial charge in [-0.2, -0.15) is 0 Å². The van der Waals surface area contributed by atoms with E-state index in [1.807, 2.05) is 0 Å². The van der Waals surface area contributed by atoms with Gasteiger partial charge in [-0.3, -0.25) is 4.72 Å². The van der Waals surface area contributed by atoms with Crippen LogP contribution in [0.15, 0.2) is 24.3 Å². The van der Waals surface area contributed by atoms with Gasteiger partial charge in [0, 0.05) is 12.2 Å². The van der Waals surface area contributed by atoms with Gasteiger partial charge in [0.05, 0.1) is 12.4 Å². The Bertz CT molecular complexity index is 413. The van der Waals surface area contributed by atoms with E-state index < -0.39 is 16.1 Å². The van der Waals surface area contributed by atoms with Crippen molar-refractivity contribution in [2.24, 2.45) is 5.73 Å². The van der Waals surface area contributed by atoms with Crippen LogP contribution in [0.2, 0.25) is 0 Å². The Kier molecular flexibility index (Phi) is 3.67. The first kappa shape index (κ1) is 12.0. The highest BCUT2D eigenvalue weighted by Gasteiger charge is 2.05. The van der Waals surface area contributed by atoms with Crippen molar-refractivity contribution in [2.75, 3.05) is 17.5 Å². The van der Waals surface area contributed by atoms with Crippen LogP contribution >= 0.6 is 0 Å². The van der Waals surface area contributed by atoms with Crippen LogP contribution in [-0.4, -0.2) is 26.3 Å². The lowest BCUT2D eigenvalue weighted by Crippen LogP contribution is -2.12. The summed E-state index contributed by atoms with van der Waals surface area (Å²) in [4.78, 5) is 0. The Hall–Kier alpha value is -1.11. The minimum atomic E-state index is -3.25. The summed E-state index contributed by atoms with van der Waals surface area (Å²) >= 11 is 0. The van der Waals surface area contributed by atoms with Crippen molar-refractivity contribution in [3.8, 4) is 0 Å². The van der Waals surface area contributed by atoms with Crippen LogP contribution in [0.25, 0.3) is 0 Å². The molecule has 0 spiro atoms. The van der Waals surface area contributed by atoms with Crippen LogP contribution in [0.3, 0.4) is 0 Å². The van der Waals surface area contributed by atoms with E-state index in [0.29, 0.717) is 11.3 Å². The predicted molar refractivity (Wildman–Crippen MR) is 58.9 cm³/mol. The van der Waals surface area contributed by atoms with Crippen molar-refractivity contribution in [1.82, 2.24) is 0 Å². The fraction of sp³-hybridized carbons (Fsp3) is 0.333. The topological polar surface area (TPSA) is 92.4 Å². The highest BCUT2D eigenvalue weighted by atomic mass is 32.2. The van der Waals surface area contributed by atoms with E-state index >= 15 is 0 Å². The van der Waals surface area contributed by atoms with E-state index in [-0.39, 0.29) is 6.54 Å². The quantitative estimate of drug-likeness (QED) is 0.681. The number of nitrogens with one attached hydrogen (secondary N) is 1. The number of aliphatic hydroxyl groups is 1. The van der Waals surface area contributed by atoms with E-state index in [0.717, 1.165) is 6.26 Å². The highest BCUT2D eigenvalue weighted by molar-refractivity contribution is 7.92. The second kappa shape index (κ2) is 4.61. The third kappa shape index (κ3) is 3.86. The Morgan fingerprint density at radius 3 is 2.33 bits per heavy atom. The zero-order valence-electron chi connectivity index (χ0n) is 8.34. The van der Waals surface area contributed by atoms with Gasteiger partial charge >= 0.3 is 0 Å². The fourth-order valence-corrected chi connectivity index (χ4v) is 1.69. The summed E-state index contributed by atoms with van der Waals surface area (Å²) in [7, 11) is -3.25. The fourth-order valence-electron chi connectivity index (χ4n) is 1.12. The van der Waals surface area contributed by atoms with Crippen LogP contribution in [0, 0.1) is 0 Å². The number of nitrogens with two attached hydrogens (primary N) is 1. The second-order valence-corrected chi connectivity index (χ2v) is 5.00. The lowest BCUT2D eigenvalue weighted by atomic mass is 10.1. The van der Waals surface area contributed by atoms with Crippen molar-refractivity contribution < 1.29 is 13.5 Å². The average Bonchev–Trinajstić information content (AvgIpc) is 2.15. The molecule has 0 saturated carbocycles. The molecule has 1 aromatic carbocycles. The number of hydrogen-bond acceptors (Lipinski definition) is 4. The lowest BCUT2D eigenvalue weighted by Gasteiger charge is -2.09. The summed E-state index contributed by atoms with van der Waals surface area (Å²) in [5.41, 5.74) is 6.41. The first-order chi connectivity index (χ1) is 6.92.